The van der Waals surface area contributed by atoms with Crippen LogP contribution >= 0.6 is 0 Å². The molecule has 1 unspecified atom stereocenters. The minimum Gasteiger partial charge on any atom is -0.508 e. The van der Waals surface area contributed by atoms with Gasteiger partial charge in [-0.25, -0.2) is 9.59 Å². The van der Waals surface area contributed by atoms with Gasteiger partial charge in [0, 0.05) is 22.7 Å². The fourth-order valence-corrected chi connectivity index (χ4v) is 2.56. The van der Waals surface area contributed by atoms with Crippen molar-refractivity contribution in [1.82, 2.24) is 10.3 Å². The lowest BCUT2D eigenvalue weighted by Gasteiger charge is -2.14. The number of aromatic nitrogens is 1. The van der Waals surface area contributed by atoms with E-state index in [9.17, 15) is 24.6 Å². The van der Waals surface area contributed by atoms with E-state index >= 15 is 0 Å². The van der Waals surface area contributed by atoms with Crippen LogP contribution in [0.3, 0.4) is 0 Å². The van der Waals surface area contributed by atoms with Gasteiger partial charge in [0.25, 0.3) is 0 Å². The van der Waals surface area contributed by atoms with E-state index < -0.39 is 23.9 Å². The Hall–Kier alpha value is -3.29. The minimum atomic E-state index is -1.15. The molecule has 8 heteroatoms. The van der Waals surface area contributed by atoms with Gasteiger partial charge >= 0.3 is 11.9 Å². The maximum absolute atomic E-state index is 11.9. The molecule has 1 atom stereocenters. The Morgan fingerprint density at radius 3 is 2.74 bits per heavy atom. The van der Waals surface area contributed by atoms with E-state index in [-0.39, 0.29) is 30.8 Å². The second-order valence-electron chi connectivity index (χ2n) is 6.21. The molecular weight excluding hydrogens is 352 g/mol. The Morgan fingerprint density at radius 2 is 2.07 bits per heavy atom. The lowest BCUT2D eigenvalue weighted by molar-refractivity contribution is -0.143. The second kappa shape index (κ2) is 8.88. The van der Waals surface area contributed by atoms with Crippen LogP contribution < -0.4 is 5.32 Å². The number of phenols is 1. The van der Waals surface area contributed by atoms with Gasteiger partial charge in [-0.05, 0) is 43.5 Å². The topological polar surface area (TPSA) is 129 Å². The van der Waals surface area contributed by atoms with Gasteiger partial charge in [-0.15, -0.1) is 0 Å². The zero-order valence-corrected chi connectivity index (χ0v) is 14.9. The number of fused-ring (bicyclic) bond motifs is 1. The molecule has 0 saturated heterocycles. The summed E-state index contributed by atoms with van der Waals surface area (Å²) in [6, 6.07) is 3.82. The number of carbonyl (C=O) groups is 3. The van der Waals surface area contributed by atoms with Gasteiger partial charge in [-0.1, -0.05) is 6.58 Å². The molecule has 1 aromatic carbocycles. The van der Waals surface area contributed by atoms with E-state index in [4.69, 9.17) is 4.74 Å². The van der Waals surface area contributed by atoms with Crippen LogP contribution in [0.5, 0.6) is 5.75 Å². The zero-order valence-electron chi connectivity index (χ0n) is 14.9. The summed E-state index contributed by atoms with van der Waals surface area (Å²) >= 11 is 0. The molecule has 27 heavy (non-hydrogen) atoms. The quantitative estimate of drug-likeness (QED) is 0.392. The number of carbonyl (C=O) groups excluding carboxylic acids is 2. The molecule has 1 amide bonds. The van der Waals surface area contributed by atoms with E-state index in [2.05, 4.69) is 16.9 Å². The predicted octanol–water partition coefficient (Wildman–Crippen LogP) is 1.88. The maximum atomic E-state index is 11.9. The number of hydrogen-bond donors (Lipinski definition) is 4. The molecule has 1 aromatic heterocycles. The first-order valence-electron chi connectivity index (χ1n) is 8.41. The lowest BCUT2D eigenvalue weighted by atomic mass is 10.0. The van der Waals surface area contributed by atoms with Gasteiger partial charge in [0.15, 0.2) is 0 Å². The first-order valence-corrected chi connectivity index (χ1v) is 8.41. The van der Waals surface area contributed by atoms with Crippen LogP contribution in [0.2, 0.25) is 0 Å². The van der Waals surface area contributed by atoms with Crippen LogP contribution in [0, 0.1) is 0 Å². The van der Waals surface area contributed by atoms with Gasteiger partial charge in [0.1, 0.15) is 18.4 Å². The van der Waals surface area contributed by atoms with Crippen LogP contribution in [0.15, 0.2) is 36.5 Å². The van der Waals surface area contributed by atoms with Crippen molar-refractivity contribution in [2.24, 2.45) is 0 Å². The number of aromatic hydroxyl groups is 1. The molecule has 0 aliphatic carbocycles. The number of nitrogens with one attached hydrogen (secondary N) is 2. The van der Waals surface area contributed by atoms with Crippen LogP contribution in [0.1, 0.15) is 25.3 Å². The molecule has 0 fully saturated rings. The highest BCUT2D eigenvalue weighted by molar-refractivity contribution is 5.88. The summed E-state index contributed by atoms with van der Waals surface area (Å²) < 4.78 is 4.82. The summed E-state index contributed by atoms with van der Waals surface area (Å²) in [5, 5.41) is 22.2. The number of H-pyrrole nitrogens is 1. The third-order valence-electron chi connectivity index (χ3n) is 4.00. The maximum Gasteiger partial charge on any atom is 0.333 e. The normalized spacial score (nSPS) is 11.7. The molecule has 0 bridgehead atoms. The molecule has 144 valence electrons. The Morgan fingerprint density at radius 1 is 1.33 bits per heavy atom. The molecule has 2 aromatic rings. The molecule has 8 nitrogen and oxygen atoms in total. The predicted molar refractivity (Wildman–Crippen MR) is 98.2 cm³/mol. The van der Waals surface area contributed by atoms with Crippen molar-refractivity contribution >= 4 is 28.7 Å². The van der Waals surface area contributed by atoms with E-state index in [1.165, 1.54) is 6.92 Å². The summed E-state index contributed by atoms with van der Waals surface area (Å²) in [4.78, 5) is 37.6. The number of amides is 1. The van der Waals surface area contributed by atoms with E-state index in [1.54, 1.807) is 24.4 Å². The van der Waals surface area contributed by atoms with Gasteiger partial charge in [-0.2, -0.15) is 0 Å². The molecular formula is C19H22N2O6. The Kier molecular flexibility index (Phi) is 6.59. The number of carboxylic acid groups (broad SMARTS) is 1. The van der Waals surface area contributed by atoms with Gasteiger partial charge in [0.05, 0.1) is 6.42 Å². The lowest BCUT2D eigenvalue weighted by Crippen LogP contribution is -2.41. The Bertz CT molecular complexity index is 870. The SMILES string of the molecule is C=C(C)C(=O)OCCC(=O)NC(CCc1c[nH]c2ccc(O)cc12)C(=O)O. The van der Waals surface area contributed by atoms with Crippen molar-refractivity contribution in [3.05, 3.63) is 42.1 Å². The molecule has 0 aliphatic rings. The standard InChI is InChI=1S/C19H22N2O6/c1-11(2)19(26)27-8-7-17(23)21-16(18(24)25)5-3-12-10-20-15-6-4-13(22)9-14(12)15/h4,6,9-10,16,20,22H,1,3,5,7-8H2,2H3,(H,21,23)(H,24,25). The molecule has 0 saturated carbocycles. The van der Waals surface area contributed by atoms with Crippen LogP contribution in [-0.2, 0) is 25.5 Å². The highest BCUT2D eigenvalue weighted by Crippen LogP contribution is 2.24. The summed E-state index contributed by atoms with van der Waals surface area (Å²) in [5.74, 6) is -2.14. The highest BCUT2D eigenvalue weighted by atomic mass is 16.5. The molecule has 0 radical (unpaired) electrons. The number of esters is 1. The molecule has 4 N–H and O–H groups in total. The smallest absolute Gasteiger partial charge is 0.333 e. The van der Waals surface area contributed by atoms with E-state index in [0.29, 0.717) is 6.42 Å². The number of aryl methyl sites for hydroxylation is 1. The molecule has 1 heterocycles. The van der Waals surface area contributed by atoms with Crippen LogP contribution in [0.25, 0.3) is 10.9 Å². The van der Waals surface area contributed by atoms with Gasteiger partial charge in [-0.3, -0.25) is 4.79 Å². The Balaban J connectivity index is 1.90. The van der Waals surface area contributed by atoms with Crippen molar-refractivity contribution in [3.63, 3.8) is 0 Å². The first kappa shape index (κ1) is 20.0. The fraction of sp³-hybridized carbons (Fsp3) is 0.316. The van der Waals surface area contributed by atoms with Crippen molar-refractivity contribution in [3.8, 4) is 5.75 Å². The summed E-state index contributed by atoms with van der Waals surface area (Å²) in [6.45, 7) is 4.78. The fourth-order valence-electron chi connectivity index (χ4n) is 2.56. The van der Waals surface area contributed by atoms with Crippen LogP contribution in [-0.4, -0.2) is 45.7 Å². The second-order valence-corrected chi connectivity index (χ2v) is 6.21. The average molecular weight is 374 g/mol. The Labute approximate surface area is 155 Å². The number of hydrogen-bond acceptors (Lipinski definition) is 5. The molecule has 0 spiro atoms. The molecule has 2 rings (SSSR count). The number of carboxylic acids is 1. The minimum absolute atomic E-state index is 0.121. The summed E-state index contributed by atoms with van der Waals surface area (Å²) in [7, 11) is 0. The number of benzene rings is 1. The third-order valence-corrected chi connectivity index (χ3v) is 4.00. The summed E-state index contributed by atoms with van der Waals surface area (Å²) in [5.41, 5.74) is 1.90. The van der Waals surface area contributed by atoms with Gasteiger partial charge in [0.2, 0.25) is 5.91 Å². The van der Waals surface area contributed by atoms with E-state index in [0.717, 1.165) is 16.5 Å². The number of ether oxygens (including phenoxy) is 1. The number of aromatic amines is 1. The average Bonchev–Trinajstić information content (AvgIpc) is 3.00. The van der Waals surface area contributed by atoms with Crippen molar-refractivity contribution in [1.29, 1.82) is 0 Å². The largest absolute Gasteiger partial charge is 0.508 e. The number of aliphatic carboxylic acids is 1. The summed E-state index contributed by atoms with van der Waals surface area (Å²) in [6.07, 6.45) is 2.19. The first-order chi connectivity index (χ1) is 12.8. The molecule has 0 aliphatic heterocycles. The van der Waals surface area contributed by atoms with Crippen molar-refractivity contribution < 1.29 is 29.3 Å². The zero-order chi connectivity index (χ0) is 20.0. The third kappa shape index (κ3) is 5.60. The monoisotopic (exact) mass is 374 g/mol. The number of phenolic OH excluding ortho intramolecular Hbond substituents is 1. The van der Waals surface area contributed by atoms with Gasteiger partial charge < -0.3 is 25.3 Å². The highest BCUT2D eigenvalue weighted by Gasteiger charge is 2.20. The van der Waals surface area contributed by atoms with Crippen molar-refractivity contribution in [2.75, 3.05) is 6.61 Å². The number of rotatable bonds is 9. The van der Waals surface area contributed by atoms with Crippen LogP contribution in [0.4, 0.5) is 0 Å². The van der Waals surface area contributed by atoms with E-state index in [1.807, 2.05) is 0 Å². The van der Waals surface area contributed by atoms with Crippen molar-refractivity contribution in [2.45, 2.75) is 32.2 Å².